The van der Waals surface area contributed by atoms with Gasteiger partial charge in [0.05, 0.1) is 29.7 Å². The van der Waals surface area contributed by atoms with Gasteiger partial charge in [-0.15, -0.1) is 22.1 Å². The number of aromatic nitrogens is 2. The second-order valence-corrected chi connectivity index (χ2v) is 10.3. The first kappa shape index (κ1) is 24.1. The Bertz CT molecular complexity index is 1100. The highest BCUT2D eigenvalue weighted by Gasteiger charge is 2.41. The molecule has 0 spiro atoms. The third-order valence-corrected chi connectivity index (χ3v) is 8.08. The highest BCUT2D eigenvalue weighted by Crippen LogP contribution is 2.51. The molecule has 1 aliphatic rings. The minimum absolute atomic E-state index is 0.0157. The van der Waals surface area contributed by atoms with E-state index >= 15 is 0 Å². The SMILES string of the molecule is CCn1c(=O)c2c(C(F)(F)F)c(CN3CCCS3(O)O)sc2n(CCC(F)(F)F)c1=O. The number of thiophene rings is 1. The normalized spacial score (nSPS) is 18.7. The molecule has 1 saturated heterocycles. The fourth-order valence-electron chi connectivity index (χ4n) is 3.49. The molecule has 2 aromatic rings. The summed E-state index contributed by atoms with van der Waals surface area (Å²) in [5.41, 5.74) is -3.73. The van der Waals surface area contributed by atoms with Crippen molar-refractivity contribution in [2.45, 2.75) is 51.8 Å². The summed E-state index contributed by atoms with van der Waals surface area (Å²) in [6, 6.07) is 0. The van der Waals surface area contributed by atoms with Gasteiger partial charge in [0.25, 0.3) is 5.56 Å². The number of hydrogen-bond donors (Lipinski definition) is 2. The molecular weight excluding hydrogens is 476 g/mol. The Labute approximate surface area is 177 Å². The topological polar surface area (TPSA) is 87.7 Å². The Morgan fingerprint density at radius 1 is 1.10 bits per heavy atom. The Morgan fingerprint density at radius 2 is 1.74 bits per heavy atom. The van der Waals surface area contributed by atoms with Crippen molar-refractivity contribution in [3.05, 3.63) is 31.3 Å². The number of halogens is 6. The van der Waals surface area contributed by atoms with Gasteiger partial charge in [-0.3, -0.25) is 23.0 Å². The standard InChI is InChI=1S/C16H19F6N3O4S2/c1-2-24-12(26)10-11(16(20,21)22)9(8-23-5-3-7-31(23,28)29)30-13(10)25(14(24)27)6-4-15(17,18)19/h28-29H,2-8H2,1H3. The van der Waals surface area contributed by atoms with Crippen LogP contribution in [-0.4, -0.2) is 41.0 Å². The average molecular weight is 495 g/mol. The average Bonchev–Trinajstić information content (AvgIpc) is 3.14. The van der Waals surface area contributed by atoms with Crippen LogP contribution in [0.4, 0.5) is 26.3 Å². The second-order valence-electron chi connectivity index (χ2n) is 6.98. The van der Waals surface area contributed by atoms with Gasteiger partial charge in [0.2, 0.25) is 0 Å². The summed E-state index contributed by atoms with van der Waals surface area (Å²) < 4.78 is 102. The lowest BCUT2D eigenvalue weighted by Gasteiger charge is -2.36. The van der Waals surface area contributed by atoms with E-state index in [4.69, 9.17) is 0 Å². The molecule has 2 N–H and O–H groups in total. The van der Waals surface area contributed by atoms with E-state index in [2.05, 4.69) is 0 Å². The maximum atomic E-state index is 14.0. The molecule has 2 aromatic heterocycles. The van der Waals surface area contributed by atoms with Crippen LogP contribution in [0.2, 0.25) is 0 Å². The summed E-state index contributed by atoms with van der Waals surface area (Å²) >= 11 is 0.375. The van der Waals surface area contributed by atoms with Crippen molar-refractivity contribution in [1.29, 1.82) is 0 Å². The van der Waals surface area contributed by atoms with Crippen molar-refractivity contribution in [3.8, 4) is 0 Å². The molecule has 0 aromatic carbocycles. The van der Waals surface area contributed by atoms with Crippen LogP contribution in [0.15, 0.2) is 9.59 Å². The van der Waals surface area contributed by atoms with E-state index in [1.54, 1.807) is 0 Å². The van der Waals surface area contributed by atoms with Crippen LogP contribution in [-0.2, 0) is 25.8 Å². The first-order valence-electron chi connectivity index (χ1n) is 9.11. The predicted octanol–water partition coefficient (Wildman–Crippen LogP) is 4.09. The predicted molar refractivity (Wildman–Crippen MR) is 104 cm³/mol. The zero-order valence-corrected chi connectivity index (χ0v) is 17.7. The van der Waals surface area contributed by atoms with E-state index in [1.807, 2.05) is 0 Å². The summed E-state index contributed by atoms with van der Waals surface area (Å²) in [7, 11) is -3.28. The molecule has 0 atom stereocenters. The first-order chi connectivity index (χ1) is 14.2. The van der Waals surface area contributed by atoms with Crippen LogP contribution in [0.1, 0.15) is 30.2 Å². The summed E-state index contributed by atoms with van der Waals surface area (Å²) in [4.78, 5) is 24.3. The van der Waals surface area contributed by atoms with Gasteiger partial charge in [-0.05, 0) is 13.3 Å². The van der Waals surface area contributed by atoms with Gasteiger partial charge in [-0.2, -0.15) is 26.3 Å². The van der Waals surface area contributed by atoms with Crippen molar-refractivity contribution in [1.82, 2.24) is 13.4 Å². The second kappa shape index (κ2) is 8.10. The Balaban J connectivity index is 2.29. The summed E-state index contributed by atoms with van der Waals surface area (Å²) in [5.74, 6) is -0.0157. The smallest absolute Gasteiger partial charge is 0.285 e. The van der Waals surface area contributed by atoms with Gasteiger partial charge in [-0.1, -0.05) is 0 Å². The molecule has 0 bridgehead atoms. The van der Waals surface area contributed by atoms with Crippen LogP contribution in [0.25, 0.3) is 10.2 Å². The van der Waals surface area contributed by atoms with Gasteiger partial charge >= 0.3 is 18.0 Å². The molecule has 0 aliphatic carbocycles. The molecule has 3 rings (SSSR count). The minimum Gasteiger partial charge on any atom is -0.285 e. The van der Waals surface area contributed by atoms with Gasteiger partial charge in [-0.25, -0.2) is 9.10 Å². The molecular formula is C16H19F6N3O4S2. The molecule has 176 valence electrons. The number of hydrogen-bond acceptors (Lipinski definition) is 6. The maximum absolute atomic E-state index is 14.0. The molecule has 1 aliphatic heterocycles. The molecule has 0 unspecified atom stereocenters. The van der Waals surface area contributed by atoms with E-state index in [0.29, 0.717) is 26.9 Å². The van der Waals surface area contributed by atoms with E-state index < -0.39 is 74.5 Å². The number of alkyl halides is 6. The highest BCUT2D eigenvalue weighted by molar-refractivity contribution is 8.22. The quantitative estimate of drug-likeness (QED) is 0.611. The van der Waals surface area contributed by atoms with E-state index in [9.17, 15) is 45.0 Å². The third kappa shape index (κ3) is 4.65. The lowest BCUT2D eigenvalue weighted by atomic mass is 10.1. The summed E-state index contributed by atoms with van der Waals surface area (Å²) in [6.07, 6.45) is -10.8. The zero-order chi connectivity index (χ0) is 23.4. The van der Waals surface area contributed by atoms with Crippen LogP contribution in [0.5, 0.6) is 0 Å². The number of fused-ring (bicyclic) bond motifs is 1. The lowest BCUT2D eigenvalue weighted by molar-refractivity contribution is -0.138. The molecule has 0 radical (unpaired) electrons. The fraction of sp³-hybridized carbons (Fsp3) is 0.625. The van der Waals surface area contributed by atoms with Crippen LogP contribution in [0.3, 0.4) is 0 Å². The lowest BCUT2D eigenvalue weighted by Crippen LogP contribution is -2.40. The zero-order valence-electron chi connectivity index (χ0n) is 16.1. The van der Waals surface area contributed by atoms with Crippen LogP contribution >= 0.6 is 22.1 Å². The maximum Gasteiger partial charge on any atom is 0.418 e. The molecule has 0 amide bonds. The number of nitrogens with zero attached hydrogens (tertiary/aromatic N) is 3. The van der Waals surface area contributed by atoms with Crippen molar-refractivity contribution >= 4 is 32.3 Å². The van der Waals surface area contributed by atoms with Gasteiger partial charge < -0.3 is 0 Å². The summed E-state index contributed by atoms with van der Waals surface area (Å²) in [5, 5.41) is -0.883. The summed E-state index contributed by atoms with van der Waals surface area (Å²) in [6.45, 7) is -0.406. The van der Waals surface area contributed by atoms with E-state index in [-0.39, 0.29) is 18.8 Å². The minimum atomic E-state index is -5.05. The largest absolute Gasteiger partial charge is 0.418 e. The Hall–Kier alpha value is -1.55. The van der Waals surface area contributed by atoms with Crippen LogP contribution in [0, 0.1) is 0 Å². The van der Waals surface area contributed by atoms with E-state index in [0.717, 1.165) is 4.31 Å². The molecule has 15 heteroatoms. The highest BCUT2D eigenvalue weighted by atomic mass is 32.3. The molecule has 0 saturated carbocycles. The fourth-order valence-corrected chi connectivity index (χ4v) is 6.44. The third-order valence-electron chi connectivity index (χ3n) is 4.91. The van der Waals surface area contributed by atoms with Crippen molar-refractivity contribution < 1.29 is 35.4 Å². The molecule has 1 fully saturated rings. The van der Waals surface area contributed by atoms with Crippen molar-refractivity contribution in [3.63, 3.8) is 0 Å². The molecule has 3 heterocycles. The van der Waals surface area contributed by atoms with Crippen LogP contribution < -0.4 is 11.2 Å². The van der Waals surface area contributed by atoms with Gasteiger partial charge in [0, 0.05) is 24.5 Å². The Morgan fingerprint density at radius 3 is 2.23 bits per heavy atom. The number of aryl methyl sites for hydroxylation is 1. The molecule has 7 nitrogen and oxygen atoms in total. The monoisotopic (exact) mass is 495 g/mol. The number of rotatable bonds is 5. The van der Waals surface area contributed by atoms with Gasteiger partial charge in [0.15, 0.2) is 0 Å². The van der Waals surface area contributed by atoms with E-state index in [1.165, 1.54) is 6.92 Å². The van der Waals surface area contributed by atoms with Crippen molar-refractivity contribution in [2.75, 3.05) is 12.3 Å². The molecule has 31 heavy (non-hydrogen) atoms. The first-order valence-corrected chi connectivity index (χ1v) is 11.6. The Kier molecular flexibility index (Phi) is 6.30. The van der Waals surface area contributed by atoms with Crippen molar-refractivity contribution in [2.24, 2.45) is 0 Å². The van der Waals surface area contributed by atoms with Gasteiger partial charge in [0.1, 0.15) is 4.83 Å².